The van der Waals surface area contributed by atoms with Crippen LogP contribution in [0, 0.1) is 0 Å². The molecule has 0 atom stereocenters. The van der Waals surface area contributed by atoms with Crippen LogP contribution >= 0.6 is 0 Å². The van der Waals surface area contributed by atoms with Crippen LogP contribution in [0.15, 0.2) is 48.6 Å². The van der Waals surface area contributed by atoms with E-state index in [4.69, 9.17) is 18.9 Å². The number of methoxy groups -OCH3 is 2. The van der Waals surface area contributed by atoms with Crippen molar-refractivity contribution < 1.29 is 28.5 Å². The van der Waals surface area contributed by atoms with Crippen LogP contribution in [-0.4, -0.2) is 73.6 Å². The summed E-state index contributed by atoms with van der Waals surface area (Å²) in [5, 5.41) is 0. The molecule has 43 heavy (non-hydrogen) atoms. The van der Waals surface area contributed by atoms with E-state index < -0.39 is 11.2 Å². The molecular formula is C35H46N2O6. The highest BCUT2D eigenvalue weighted by Crippen LogP contribution is 2.34. The monoisotopic (exact) mass is 590 g/mol. The summed E-state index contributed by atoms with van der Waals surface area (Å²) in [5.41, 5.74) is 5.91. The number of nitrogens with zero attached hydrogens (tertiary/aromatic N) is 2. The lowest BCUT2D eigenvalue weighted by molar-refractivity contribution is 0.0260. The number of ether oxygens (including phenoxy) is 4. The van der Waals surface area contributed by atoms with Crippen molar-refractivity contribution in [1.29, 1.82) is 0 Å². The lowest BCUT2D eigenvalue weighted by Gasteiger charge is -2.30. The molecule has 2 aliphatic rings. The second-order valence-electron chi connectivity index (χ2n) is 13.0. The van der Waals surface area contributed by atoms with Crippen molar-refractivity contribution >= 4 is 23.3 Å². The van der Waals surface area contributed by atoms with E-state index in [9.17, 15) is 9.59 Å². The topological polar surface area (TPSA) is 77.5 Å². The van der Waals surface area contributed by atoms with Gasteiger partial charge >= 0.3 is 12.2 Å². The smallest absolute Gasteiger partial charge is 0.410 e. The number of carbonyl (C=O) groups is 2. The van der Waals surface area contributed by atoms with Crippen molar-refractivity contribution in [3.63, 3.8) is 0 Å². The van der Waals surface area contributed by atoms with Crippen molar-refractivity contribution in [3.05, 3.63) is 70.8 Å². The summed E-state index contributed by atoms with van der Waals surface area (Å²) in [6.07, 6.45) is 5.80. The lowest BCUT2D eigenvalue weighted by Crippen LogP contribution is -2.39. The highest BCUT2D eigenvalue weighted by atomic mass is 16.6. The van der Waals surface area contributed by atoms with Crippen molar-refractivity contribution in [1.82, 2.24) is 9.80 Å². The van der Waals surface area contributed by atoms with Gasteiger partial charge in [-0.05, 0) is 118 Å². The van der Waals surface area contributed by atoms with Gasteiger partial charge in [-0.15, -0.1) is 0 Å². The van der Waals surface area contributed by atoms with Crippen LogP contribution in [0.25, 0.3) is 11.1 Å². The number of rotatable bonds is 6. The normalized spacial score (nSPS) is 15.8. The fourth-order valence-electron chi connectivity index (χ4n) is 5.33. The molecule has 0 radical (unpaired) electrons. The molecular weight excluding hydrogens is 544 g/mol. The van der Waals surface area contributed by atoms with Gasteiger partial charge in [0.15, 0.2) is 0 Å². The lowest BCUT2D eigenvalue weighted by atomic mass is 9.87. The van der Waals surface area contributed by atoms with E-state index in [-0.39, 0.29) is 12.2 Å². The Morgan fingerprint density at radius 2 is 1.07 bits per heavy atom. The largest absolute Gasteiger partial charge is 0.497 e. The highest BCUT2D eigenvalue weighted by Gasteiger charge is 2.26. The first-order valence-corrected chi connectivity index (χ1v) is 14.9. The first-order valence-electron chi connectivity index (χ1n) is 14.9. The Kier molecular flexibility index (Phi) is 9.78. The third-order valence-corrected chi connectivity index (χ3v) is 7.42. The molecule has 0 bridgehead atoms. The summed E-state index contributed by atoms with van der Waals surface area (Å²) in [4.78, 5) is 28.7. The molecule has 0 spiro atoms. The summed E-state index contributed by atoms with van der Waals surface area (Å²) in [6, 6.07) is 12.4. The second-order valence-corrected chi connectivity index (χ2v) is 13.0. The van der Waals surface area contributed by atoms with Crippen LogP contribution in [-0.2, 0) is 15.9 Å². The molecule has 2 aromatic rings. The average molecular weight is 591 g/mol. The molecule has 232 valence electrons. The van der Waals surface area contributed by atoms with Gasteiger partial charge in [-0.1, -0.05) is 24.3 Å². The van der Waals surface area contributed by atoms with Crippen molar-refractivity contribution in [2.45, 2.75) is 72.0 Å². The maximum absolute atomic E-state index is 12.6. The maximum atomic E-state index is 12.6. The van der Waals surface area contributed by atoms with Crippen molar-refractivity contribution in [3.8, 4) is 11.5 Å². The van der Waals surface area contributed by atoms with E-state index in [1.165, 1.54) is 11.1 Å². The summed E-state index contributed by atoms with van der Waals surface area (Å²) >= 11 is 0. The van der Waals surface area contributed by atoms with Gasteiger partial charge in [0, 0.05) is 26.2 Å². The summed E-state index contributed by atoms with van der Waals surface area (Å²) in [7, 11) is 3.36. The molecule has 8 heteroatoms. The molecule has 8 nitrogen and oxygen atoms in total. The van der Waals surface area contributed by atoms with Crippen LogP contribution in [0.1, 0.15) is 76.6 Å². The summed E-state index contributed by atoms with van der Waals surface area (Å²) in [5.74, 6) is 1.58. The standard InChI is InChI=1S/C35H46N2O6/c1-34(2,3)42-32(38)36-17-13-24(14-18-36)30-11-9-28(40-7)22-26(30)21-27-23-29(41-8)10-12-31(27)25-15-19-37(20-16-25)33(39)43-35(4,5)6/h9-13,15,22-23H,14,16-21H2,1-8H3. The van der Waals surface area contributed by atoms with Gasteiger partial charge in [-0.25, -0.2) is 9.59 Å². The predicted molar refractivity (Wildman–Crippen MR) is 170 cm³/mol. The van der Waals surface area contributed by atoms with Gasteiger partial charge in [-0.3, -0.25) is 0 Å². The Hall–Kier alpha value is -3.94. The van der Waals surface area contributed by atoms with E-state index in [1.807, 2.05) is 53.7 Å². The molecule has 0 saturated carbocycles. The SMILES string of the molecule is COc1ccc(C2=CCN(C(=O)OC(C)(C)C)CC2)c(Cc2cc(OC)ccc2C2=CCN(C(=O)OC(C)(C)C)CC2)c1. The summed E-state index contributed by atoms with van der Waals surface area (Å²) in [6.45, 7) is 13.5. The zero-order valence-electron chi connectivity index (χ0n) is 26.9. The number of benzene rings is 2. The van der Waals surface area contributed by atoms with Crippen LogP contribution in [0.4, 0.5) is 9.59 Å². The first-order chi connectivity index (χ1) is 20.3. The van der Waals surface area contributed by atoms with Gasteiger partial charge in [0.05, 0.1) is 14.2 Å². The van der Waals surface area contributed by atoms with E-state index >= 15 is 0 Å². The van der Waals surface area contributed by atoms with Crippen LogP contribution in [0.3, 0.4) is 0 Å². The fraction of sp³-hybridized carbons (Fsp3) is 0.486. The van der Waals surface area contributed by atoms with Crippen LogP contribution < -0.4 is 9.47 Å². The van der Waals surface area contributed by atoms with Gasteiger partial charge < -0.3 is 28.7 Å². The molecule has 0 fully saturated rings. The first kappa shape index (κ1) is 32.0. The van der Waals surface area contributed by atoms with Gasteiger partial charge in [-0.2, -0.15) is 0 Å². The Bertz CT molecular complexity index is 1290. The Labute approximate surface area is 256 Å². The minimum atomic E-state index is -0.527. The van der Waals surface area contributed by atoms with E-state index in [0.29, 0.717) is 32.6 Å². The minimum Gasteiger partial charge on any atom is -0.497 e. The highest BCUT2D eigenvalue weighted by molar-refractivity contribution is 5.76. The number of amides is 2. The quantitative estimate of drug-likeness (QED) is 0.350. The molecule has 2 heterocycles. The van der Waals surface area contributed by atoms with Crippen molar-refractivity contribution in [2.75, 3.05) is 40.4 Å². The molecule has 0 N–H and O–H groups in total. The summed E-state index contributed by atoms with van der Waals surface area (Å²) < 4.78 is 22.4. The third-order valence-electron chi connectivity index (χ3n) is 7.42. The Morgan fingerprint density at radius 1 is 0.674 bits per heavy atom. The maximum Gasteiger partial charge on any atom is 0.410 e. The van der Waals surface area contributed by atoms with Crippen LogP contribution in [0.2, 0.25) is 0 Å². The van der Waals surface area contributed by atoms with Crippen molar-refractivity contribution in [2.24, 2.45) is 0 Å². The van der Waals surface area contributed by atoms with Gasteiger partial charge in [0.2, 0.25) is 0 Å². The van der Waals surface area contributed by atoms with E-state index in [2.05, 4.69) is 36.4 Å². The van der Waals surface area contributed by atoms with Gasteiger partial charge in [0.25, 0.3) is 0 Å². The van der Waals surface area contributed by atoms with Crippen LogP contribution in [0.5, 0.6) is 11.5 Å². The average Bonchev–Trinajstić information content (AvgIpc) is 2.95. The second kappa shape index (κ2) is 13.1. The fourth-order valence-corrected chi connectivity index (χ4v) is 5.33. The third kappa shape index (κ3) is 8.55. The molecule has 2 amide bonds. The Morgan fingerprint density at radius 3 is 1.37 bits per heavy atom. The molecule has 0 aromatic heterocycles. The van der Waals surface area contributed by atoms with E-state index in [1.54, 1.807) is 24.0 Å². The molecule has 0 aliphatic carbocycles. The molecule has 2 aliphatic heterocycles. The van der Waals surface area contributed by atoms with E-state index in [0.717, 1.165) is 46.6 Å². The number of carbonyl (C=O) groups excluding carboxylic acids is 2. The Balaban J connectivity index is 1.61. The zero-order valence-corrected chi connectivity index (χ0v) is 26.9. The molecule has 4 rings (SSSR count). The minimum absolute atomic E-state index is 0.287. The predicted octanol–water partition coefficient (Wildman–Crippen LogP) is 7.34. The molecule has 2 aromatic carbocycles. The van der Waals surface area contributed by atoms with Gasteiger partial charge in [0.1, 0.15) is 22.7 Å². The molecule has 0 unspecified atom stereocenters. The molecule has 0 saturated heterocycles. The number of hydrogen-bond acceptors (Lipinski definition) is 6. The zero-order chi connectivity index (χ0) is 31.4. The number of hydrogen-bond donors (Lipinski definition) is 0.